The number of oxazole rings is 2. The molecule has 0 aliphatic carbocycles. The summed E-state index contributed by atoms with van der Waals surface area (Å²) in [4.78, 5) is 10.2. The summed E-state index contributed by atoms with van der Waals surface area (Å²) in [7, 11) is -3.16. The van der Waals surface area contributed by atoms with Gasteiger partial charge in [0.1, 0.15) is 50.3 Å². The molecule has 0 fully saturated rings. The smallest absolute Gasteiger partial charge is 0.496 e. The SMILES string of the molecule is C[Si]1(C)C=Cc2cc(-c3cccc4nc(-c5[c-]c(Oc6[c-]c(-c7nc8cccc(-c9ccc%10c(c9)C=C[Si]%10(C)C)c8o7)c7c(c6)oc6ccccc67)cc6oc7ccccc7c56)oc34)ccc21.[Pt+2]. The number of ether oxygens (including phenoxy) is 1. The molecule has 0 radical (unpaired) electrons. The van der Waals surface area contributed by atoms with E-state index in [1.165, 1.54) is 21.5 Å². The normalized spacial score (nSPS) is 14.5. The van der Waals surface area contributed by atoms with Gasteiger partial charge in [0.05, 0.1) is 22.2 Å². The van der Waals surface area contributed by atoms with Crippen molar-refractivity contribution >= 4 is 105 Å². The van der Waals surface area contributed by atoms with Gasteiger partial charge in [-0.2, -0.15) is 0 Å². The molecule has 10 heteroatoms. The second-order valence-corrected chi connectivity index (χ2v) is 27.5. The quantitative estimate of drug-likeness (QED) is 0.121. The first-order valence-electron chi connectivity index (χ1n) is 22.5. The molecule has 0 atom stereocenters. The number of hydrogen-bond acceptors (Lipinski definition) is 7. The summed E-state index contributed by atoms with van der Waals surface area (Å²) >= 11 is 0. The number of nitrogens with zero attached hydrogens (tertiary/aromatic N) is 2. The van der Waals surface area contributed by atoms with Gasteiger partial charge in [0.25, 0.3) is 0 Å². The summed E-state index contributed by atoms with van der Waals surface area (Å²) in [5.74, 6) is 1.58. The minimum Gasteiger partial charge on any atom is -0.496 e. The molecule has 0 N–H and O–H groups in total. The van der Waals surface area contributed by atoms with E-state index in [4.69, 9.17) is 32.4 Å². The summed E-state index contributed by atoms with van der Waals surface area (Å²) in [5.41, 5.74) is 18.2. The van der Waals surface area contributed by atoms with Gasteiger partial charge in [0.2, 0.25) is 0 Å². The third-order valence-electron chi connectivity index (χ3n) is 13.7. The van der Waals surface area contributed by atoms with Gasteiger partial charge in [0.15, 0.2) is 0 Å². The maximum absolute atomic E-state index is 6.81. The van der Waals surface area contributed by atoms with Crippen LogP contribution in [-0.2, 0) is 21.1 Å². The fraction of sp³-hybridized carbons (Fsp3) is 0.0690. The topological polar surface area (TPSA) is 87.6 Å². The zero-order chi connectivity index (χ0) is 44.8. The van der Waals surface area contributed by atoms with Crippen LogP contribution in [0.15, 0.2) is 163 Å². The van der Waals surface area contributed by atoms with Crippen LogP contribution >= 0.6 is 0 Å². The Kier molecular flexibility index (Phi) is 8.94. The van der Waals surface area contributed by atoms with Gasteiger partial charge in [-0.25, -0.2) is 0 Å². The van der Waals surface area contributed by atoms with E-state index in [0.29, 0.717) is 56.7 Å². The van der Waals surface area contributed by atoms with Crippen molar-refractivity contribution < 1.29 is 43.5 Å². The summed E-state index contributed by atoms with van der Waals surface area (Å²) in [6.07, 6.45) is 4.53. The minimum atomic E-state index is -1.58. The van der Waals surface area contributed by atoms with Crippen LogP contribution in [0.25, 0.3) is 123 Å². The van der Waals surface area contributed by atoms with Crippen LogP contribution in [0.2, 0.25) is 26.2 Å². The van der Waals surface area contributed by atoms with Crippen LogP contribution in [0.3, 0.4) is 0 Å². The molecule has 0 spiro atoms. The van der Waals surface area contributed by atoms with E-state index in [1.807, 2.05) is 84.9 Å². The number of para-hydroxylation sites is 4. The van der Waals surface area contributed by atoms with Crippen molar-refractivity contribution in [2.45, 2.75) is 26.2 Å². The largest absolute Gasteiger partial charge is 2.00 e. The van der Waals surface area contributed by atoms with Crippen LogP contribution in [0.4, 0.5) is 0 Å². The predicted octanol–water partition coefficient (Wildman–Crippen LogP) is 14.8. The van der Waals surface area contributed by atoms with Gasteiger partial charge in [0, 0.05) is 22.6 Å². The van der Waals surface area contributed by atoms with Crippen molar-refractivity contribution in [2.24, 2.45) is 0 Å². The van der Waals surface area contributed by atoms with Crippen molar-refractivity contribution in [3.8, 4) is 56.7 Å². The maximum atomic E-state index is 6.81. The molecule has 7 nitrogen and oxygen atoms in total. The number of aromatic nitrogens is 2. The zero-order valence-corrected chi connectivity index (χ0v) is 41.5. The molecule has 8 aromatic carbocycles. The van der Waals surface area contributed by atoms with Crippen LogP contribution < -0.4 is 15.1 Å². The molecule has 14 rings (SSSR count). The molecule has 4 aromatic heterocycles. The summed E-state index contributed by atoms with van der Waals surface area (Å²) in [6.45, 7) is 9.51. The van der Waals surface area contributed by atoms with Crippen LogP contribution in [0, 0.1) is 12.1 Å². The third kappa shape index (κ3) is 6.26. The molecule has 0 saturated heterocycles. The summed E-state index contributed by atoms with van der Waals surface area (Å²) < 4.78 is 33.4. The first-order chi connectivity index (χ1) is 32.6. The Labute approximate surface area is 406 Å². The van der Waals surface area contributed by atoms with E-state index in [0.717, 1.165) is 66.0 Å². The standard InChI is InChI=1S/C58H38N2O5Si2.Pt/c1-66(2)25-23-35-27-33(19-21-51(35)66)39-13-9-15-45-55(39)64-57(59-45)43-29-37(31-49-53(43)41-11-5-7-17-47(41)62-49)61-38-30-44(54-42-12-6-8-18-48(42)63-50(54)32-38)58-60-46-16-10-14-40(56(46)65-58)34-20-22-52-36(28-34)24-26-67(52,3)4;/h5-28,31-32H,1-4H3;/q-2;+2. The van der Waals surface area contributed by atoms with Crippen molar-refractivity contribution in [1.29, 1.82) is 0 Å². The van der Waals surface area contributed by atoms with Crippen molar-refractivity contribution in [2.75, 3.05) is 0 Å². The second-order valence-electron chi connectivity index (χ2n) is 18.9. The number of fused-ring (bicyclic) bond motifs is 10. The van der Waals surface area contributed by atoms with Gasteiger partial charge < -0.3 is 22.4 Å². The number of hydrogen-bond donors (Lipinski definition) is 0. The predicted molar refractivity (Wildman–Crippen MR) is 274 cm³/mol. The monoisotopic (exact) mass is 1090 g/mol. The van der Waals surface area contributed by atoms with E-state index in [9.17, 15) is 0 Å². The van der Waals surface area contributed by atoms with E-state index in [2.05, 4.69) is 110 Å². The molecule has 12 aromatic rings. The Bertz CT molecular complexity index is 3900. The van der Waals surface area contributed by atoms with Crippen molar-refractivity contribution in [1.82, 2.24) is 9.97 Å². The van der Waals surface area contributed by atoms with Crippen LogP contribution in [0.5, 0.6) is 11.5 Å². The van der Waals surface area contributed by atoms with Gasteiger partial charge in [-0.15, -0.1) is 0 Å². The Balaban J connectivity index is 0.00000457. The van der Waals surface area contributed by atoms with Gasteiger partial charge >= 0.3 is 21.1 Å². The Morgan fingerprint density at radius 3 is 1.40 bits per heavy atom. The van der Waals surface area contributed by atoms with E-state index in [1.54, 1.807) is 0 Å². The molecule has 2 aliphatic rings. The Hall–Kier alpha value is -7.30. The third-order valence-corrected chi connectivity index (χ3v) is 19.4. The van der Waals surface area contributed by atoms with Crippen LogP contribution in [0.1, 0.15) is 11.1 Å². The molecule has 6 heterocycles. The van der Waals surface area contributed by atoms with Gasteiger partial charge in [-0.05, 0) is 79.8 Å². The number of rotatable bonds is 6. The first-order valence-corrected chi connectivity index (χ1v) is 28.7. The average Bonchev–Trinajstić information content (AvgIpc) is 4.20. The Morgan fingerprint density at radius 1 is 0.471 bits per heavy atom. The fourth-order valence-corrected chi connectivity index (χ4v) is 14.7. The van der Waals surface area contributed by atoms with E-state index in [-0.39, 0.29) is 21.1 Å². The zero-order valence-electron chi connectivity index (χ0n) is 37.3. The van der Waals surface area contributed by atoms with E-state index < -0.39 is 16.1 Å². The van der Waals surface area contributed by atoms with Crippen LogP contribution in [-0.4, -0.2) is 26.1 Å². The average molecular weight is 1090 g/mol. The minimum absolute atomic E-state index is 0. The molecule has 68 heavy (non-hydrogen) atoms. The number of benzene rings is 8. The van der Waals surface area contributed by atoms with Gasteiger partial charge in [-0.3, -0.25) is 9.97 Å². The first kappa shape index (κ1) is 40.9. The van der Waals surface area contributed by atoms with E-state index >= 15 is 0 Å². The molecular formula is C58H38N2O5PtSi2. The molecule has 0 bridgehead atoms. The molecular weight excluding hydrogens is 1060 g/mol. The molecule has 0 saturated carbocycles. The maximum Gasteiger partial charge on any atom is 2.00 e. The van der Waals surface area contributed by atoms with Crippen molar-refractivity contribution in [3.63, 3.8) is 0 Å². The molecule has 2 aliphatic heterocycles. The fourth-order valence-electron chi connectivity index (χ4n) is 10.3. The molecule has 0 unspecified atom stereocenters. The van der Waals surface area contributed by atoms with Crippen molar-refractivity contribution in [3.05, 3.63) is 168 Å². The molecule has 328 valence electrons. The summed E-state index contributed by atoms with van der Waals surface area (Å²) in [6, 6.07) is 52.5. The second kappa shape index (κ2) is 14.9. The molecule has 0 amide bonds. The summed E-state index contributed by atoms with van der Waals surface area (Å²) in [5, 5.41) is 6.40. The van der Waals surface area contributed by atoms with Gasteiger partial charge in [-0.1, -0.05) is 181 Å². The number of furan rings is 2. The Morgan fingerprint density at radius 2 is 0.926 bits per heavy atom.